The van der Waals surface area contributed by atoms with Crippen LogP contribution in [0.1, 0.15) is 32.1 Å². The number of nitrogens with two attached hydrogens (primary N) is 1. The van der Waals surface area contributed by atoms with Gasteiger partial charge in [-0.25, -0.2) is 0 Å². The Morgan fingerprint density at radius 3 is 2.33 bits per heavy atom. The number of hydrogen-bond donors (Lipinski definition) is 1. The normalized spacial score (nSPS) is 18.5. The molecule has 0 bridgehead atoms. The molecule has 0 spiro atoms. The van der Waals surface area contributed by atoms with Crippen molar-refractivity contribution in [2.75, 3.05) is 32.8 Å². The Bertz CT molecular complexity index is 218. The fraction of sp³-hybridized carbons (Fsp3) is 1.00. The molecule has 1 fully saturated rings. The van der Waals surface area contributed by atoms with Crippen LogP contribution in [0, 0.1) is 0 Å². The van der Waals surface area contributed by atoms with Crippen LogP contribution < -0.4 is 5.73 Å². The maximum Gasteiger partial charge on any atom is 0.411 e. The van der Waals surface area contributed by atoms with Gasteiger partial charge in [0.05, 0.1) is 6.61 Å². The first-order chi connectivity index (χ1) is 8.53. The van der Waals surface area contributed by atoms with Crippen molar-refractivity contribution in [3.05, 3.63) is 0 Å². The summed E-state index contributed by atoms with van der Waals surface area (Å²) in [5.74, 6) is 0. The second-order valence-electron chi connectivity index (χ2n) is 4.78. The van der Waals surface area contributed by atoms with E-state index in [4.69, 9.17) is 5.73 Å². The standard InChI is InChI=1S/C12H23F3N2O/c13-12(14,15)10-18-9-8-17(7-6-16)11-4-2-1-3-5-11/h11H,1-10,16H2. The maximum atomic E-state index is 11.9. The molecule has 0 atom stereocenters. The lowest BCUT2D eigenvalue weighted by Crippen LogP contribution is -2.42. The molecule has 2 N–H and O–H groups in total. The second kappa shape index (κ2) is 7.96. The first kappa shape index (κ1) is 15.7. The van der Waals surface area contributed by atoms with E-state index >= 15 is 0 Å². The fourth-order valence-electron chi connectivity index (χ4n) is 2.46. The molecule has 1 rings (SSSR count). The molecule has 0 saturated heterocycles. The lowest BCUT2D eigenvalue weighted by atomic mass is 9.94. The van der Waals surface area contributed by atoms with Gasteiger partial charge in [0.25, 0.3) is 0 Å². The maximum absolute atomic E-state index is 11.9. The Kier molecular flexibility index (Phi) is 6.96. The van der Waals surface area contributed by atoms with Crippen LogP contribution in [0.15, 0.2) is 0 Å². The molecule has 3 nitrogen and oxygen atoms in total. The van der Waals surface area contributed by atoms with Crippen molar-refractivity contribution in [1.82, 2.24) is 4.90 Å². The van der Waals surface area contributed by atoms with E-state index in [0.29, 0.717) is 19.1 Å². The van der Waals surface area contributed by atoms with Crippen molar-refractivity contribution in [2.24, 2.45) is 5.73 Å². The molecule has 0 heterocycles. The van der Waals surface area contributed by atoms with Gasteiger partial charge in [-0.1, -0.05) is 19.3 Å². The summed E-state index contributed by atoms with van der Waals surface area (Å²) in [4.78, 5) is 2.18. The largest absolute Gasteiger partial charge is 0.411 e. The molecule has 6 heteroatoms. The molecule has 18 heavy (non-hydrogen) atoms. The van der Waals surface area contributed by atoms with Gasteiger partial charge in [-0.05, 0) is 12.8 Å². The van der Waals surface area contributed by atoms with E-state index < -0.39 is 12.8 Å². The van der Waals surface area contributed by atoms with E-state index in [1.165, 1.54) is 19.3 Å². The summed E-state index contributed by atoms with van der Waals surface area (Å²) in [6.07, 6.45) is 1.68. The molecular formula is C12H23F3N2O. The van der Waals surface area contributed by atoms with Crippen molar-refractivity contribution >= 4 is 0 Å². The molecule has 1 aliphatic carbocycles. The topological polar surface area (TPSA) is 38.5 Å². The third kappa shape index (κ3) is 6.56. The molecule has 0 unspecified atom stereocenters. The van der Waals surface area contributed by atoms with Gasteiger partial charge in [0.15, 0.2) is 0 Å². The predicted molar refractivity (Wildman–Crippen MR) is 64.4 cm³/mol. The van der Waals surface area contributed by atoms with Gasteiger partial charge in [0, 0.05) is 25.7 Å². The molecule has 0 aromatic heterocycles. The summed E-state index contributed by atoms with van der Waals surface area (Å²) in [5.41, 5.74) is 5.55. The van der Waals surface area contributed by atoms with Crippen molar-refractivity contribution in [2.45, 2.75) is 44.3 Å². The van der Waals surface area contributed by atoms with Crippen LogP contribution in [0.4, 0.5) is 13.2 Å². The molecule has 0 amide bonds. The van der Waals surface area contributed by atoms with E-state index in [-0.39, 0.29) is 6.61 Å². The van der Waals surface area contributed by atoms with Gasteiger partial charge in [0.2, 0.25) is 0 Å². The number of rotatable bonds is 7. The molecule has 0 radical (unpaired) electrons. The third-order valence-corrected chi connectivity index (χ3v) is 3.30. The van der Waals surface area contributed by atoms with E-state index in [1.807, 2.05) is 0 Å². The van der Waals surface area contributed by atoms with Crippen LogP contribution in [0.2, 0.25) is 0 Å². The first-order valence-corrected chi connectivity index (χ1v) is 6.61. The van der Waals surface area contributed by atoms with Gasteiger partial charge in [0.1, 0.15) is 6.61 Å². The number of halogens is 3. The van der Waals surface area contributed by atoms with Crippen molar-refractivity contribution in [3.63, 3.8) is 0 Å². The van der Waals surface area contributed by atoms with Crippen LogP contribution >= 0.6 is 0 Å². The highest BCUT2D eigenvalue weighted by Gasteiger charge is 2.27. The molecule has 0 aromatic carbocycles. The van der Waals surface area contributed by atoms with Crippen LogP contribution in [0.5, 0.6) is 0 Å². The number of ether oxygens (including phenoxy) is 1. The summed E-state index contributed by atoms with van der Waals surface area (Å²) < 4.78 is 40.4. The first-order valence-electron chi connectivity index (χ1n) is 6.61. The van der Waals surface area contributed by atoms with Crippen LogP contribution in [0.3, 0.4) is 0 Å². The van der Waals surface area contributed by atoms with Crippen LogP contribution in [0.25, 0.3) is 0 Å². The summed E-state index contributed by atoms with van der Waals surface area (Å²) in [6.45, 7) is 0.776. The summed E-state index contributed by atoms with van der Waals surface area (Å²) in [6, 6.07) is 0.469. The average molecular weight is 268 g/mol. The van der Waals surface area contributed by atoms with Gasteiger partial charge in [-0.3, -0.25) is 4.90 Å². The number of alkyl halides is 3. The SMILES string of the molecule is NCCN(CCOCC(F)(F)F)C1CCCCC1. The Hall–Kier alpha value is -0.330. The minimum atomic E-state index is -4.23. The van der Waals surface area contributed by atoms with Crippen LogP contribution in [-0.4, -0.2) is 50.0 Å². The zero-order valence-corrected chi connectivity index (χ0v) is 10.7. The lowest BCUT2D eigenvalue weighted by Gasteiger charge is -2.34. The Morgan fingerprint density at radius 2 is 1.78 bits per heavy atom. The molecule has 1 aliphatic rings. The van der Waals surface area contributed by atoms with E-state index in [9.17, 15) is 13.2 Å². The quantitative estimate of drug-likeness (QED) is 0.719. The van der Waals surface area contributed by atoms with E-state index in [2.05, 4.69) is 9.64 Å². The zero-order chi connectivity index (χ0) is 13.4. The van der Waals surface area contributed by atoms with Gasteiger partial charge in [-0.2, -0.15) is 13.2 Å². The minimum Gasteiger partial charge on any atom is -0.371 e. The van der Waals surface area contributed by atoms with E-state index in [1.54, 1.807) is 0 Å². The highest BCUT2D eigenvalue weighted by molar-refractivity contribution is 4.76. The lowest BCUT2D eigenvalue weighted by molar-refractivity contribution is -0.174. The van der Waals surface area contributed by atoms with Gasteiger partial charge in [-0.15, -0.1) is 0 Å². The summed E-state index contributed by atoms with van der Waals surface area (Å²) in [7, 11) is 0. The number of hydrogen-bond acceptors (Lipinski definition) is 3. The van der Waals surface area contributed by atoms with Crippen LogP contribution in [-0.2, 0) is 4.74 Å². The van der Waals surface area contributed by atoms with Gasteiger partial charge < -0.3 is 10.5 Å². The highest BCUT2D eigenvalue weighted by atomic mass is 19.4. The van der Waals surface area contributed by atoms with Gasteiger partial charge >= 0.3 is 6.18 Å². The molecular weight excluding hydrogens is 245 g/mol. The van der Waals surface area contributed by atoms with Crippen molar-refractivity contribution in [1.29, 1.82) is 0 Å². The predicted octanol–water partition coefficient (Wildman–Crippen LogP) is 2.16. The molecule has 108 valence electrons. The molecule has 0 aromatic rings. The monoisotopic (exact) mass is 268 g/mol. The Labute approximate surface area is 106 Å². The average Bonchev–Trinajstić information content (AvgIpc) is 2.33. The zero-order valence-electron chi connectivity index (χ0n) is 10.7. The second-order valence-corrected chi connectivity index (χ2v) is 4.78. The summed E-state index contributed by atoms with van der Waals surface area (Å²) in [5, 5.41) is 0. The minimum absolute atomic E-state index is 0.121. The summed E-state index contributed by atoms with van der Waals surface area (Å²) >= 11 is 0. The fourth-order valence-corrected chi connectivity index (χ4v) is 2.46. The number of nitrogens with zero attached hydrogens (tertiary/aromatic N) is 1. The third-order valence-electron chi connectivity index (χ3n) is 3.30. The Balaban J connectivity index is 2.24. The van der Waals surface area contributed by atoms with E-state index in [0.717, 1.165) is 19.4 Å². The Morgan fingerprint density at radius 1 is 1.11 bits per heavy atom. The highest BCUT2D eigenvalue weighted by Crippen LogP contribution is 2.22. The van der Waals surface area contributed by atoms with Crippen molar-refractivity contribution in [3.8, 4) is 0 Å². The molecule has 1 saturated carbocycles. The molecule has 0 aliphatic heterocycles. The van der Waals surface area contributed by atoms with Crippen molar-refractivity contribution < 1.29 is 17.9 Å². The smallest absolute Gasteiger partial charge is 0.371 e.